The maximum absolute atomic E-state index is 11.2. The first kappa shape index (κ1) is 51.2. The molecule has 0 amide bonds. The van der Waals surface area contributed by atoms with E-state index in [1.807, 2.05) is 12.1 Å². The summed E-state index contributed by atoms with van der Waals surface area (Å²) in [6.07, 6.45) is 32.3. The van der Waals surface area contributed by atoms with Gasteiger partial charge < -0.3 is 30.0 Å². The molecule has 0 aromatic heterocycles. The number of carbonyl (C=O) groups excluding carboxylic acids is 2. The summed E-state index contributed by atoms with van der Waals surface area (Å²) in [5.74, 6) is -2.72. The molecule has 7 heteroatoms. The van der Waals surface area contributed by atoms with E-state index >= 15 is 0 Å². The van der Waals surface area contributed by atoms with E-state index in [0.717, 1.165) is 86.5 Å². The van der Waals surface area contributed by atoms with Gasteiger partial charge in [-0.1, -0.05) is 168 Å². The Labute approximate surface area is 354 Å². The summed E-state index contributed by atoms with van der Waals surface area (Å²) in [7, 11) is 0. The molecule has 0 saturated heterocycles. The molecule has 2 N–H and O–H groups in total. The van der Waals surface area contributed by atoms with Crippen molar-refractivity contribution >= 4 is 49.7 Å². The number of benzene rings is 2. The van der Waals surface area contributed by atoms with Crippen molar-refractivity contribution in [2.75, 3.05) is 0 Å². The third kappa shape index (κ3) is 22.4. The number of aromatic hydroxyl groups is 2. The van der Waals surface area contributed by atoms with Gasteiger partial charge in [-0.15, -0.1) is 0 Å². The van der Waals surface area contributed by atoms with Gasteiger partial charge in [0.05, 0.1) is 11.9 Å². The molecule has 0 atom stereocenters. The Morgan fingerprint density at radius 2 is 0.660 bits per heavy atom. The molecule has 0 saturated carbocycles. The van der Waals surface area contributed by atoms with Crippen molar-refractivity contribution in [3.63, 3.8) is 0 Å². The maximum Gasteiger partial charge on any atom is 2.00 e. The molecule has 2 aromatic rings. The van der Waals surface area contributed by atoms with Crippen molar-refractivity contribution in [1.29, 1.82) is 0 Å². The fraction of sp³-hybridized carbons (Fsp3) is 0.696. The summed E-state index contributed by atoms with van der Waals surface area (Å²) in [6, 6.07) is 6.76. The molecule has 0 bridgehead atoms. The second-order valence-electron chi connectivity index (χ2n) is 14.8. The van der Waals surface area contributed by atoms with Crippen molar-refractivity contribution in [3.8, 4) is 11.5 Å². The maximum atomic E-state index is 11.2. The summed E-state index contributed by atoms with van der Waals surface area (Å²) < 4.78 is 0. The van der Waals surface area contributed by atoms with Crippen LogP contribution in [-0.2, 0) is 25.7 Å². The van der Waals surface area contributed by atoms with E-state index < -0.39 is 11.9 Å². The Hall–Kier alpha value is -1.76. The van der Waals surface area contributed by atoms with Gasteiger partial charge in [0, 0.05) is 11.1 Å². The summed E-state index contributed by atoms with van der Waals surface area (Å²) in [5.41, 5.74) is 3.73. The number of phenols is 2. The van der Waals surface area contributed by atoms with Crippen LogP contribution >= 0.6 is 0 Å². The van der Waals surface area contributed by atoms with Gasteiger partial charge in [-0.25, -0.2) is 0 Å². The van der Waals surface area contributed by atoms with E-state index in [-0.39, 0.29) is 60.4 Å². The molecule has 0 fully saturated rings. The second kappa shape index (κ2) is 33.6. The van der Waals surface area contributed by atoms with E-state index in [4.69, 9.17) is 0 Å². The number of aryl methyl sites for hydroxylation is 2. The third-order valence-electron chi connectivity index (χ3n) is 10.4. The first-order valence-electron chi connectivity index (χ1n) is 21.3. The first-order valence-corrected chi connectivity index (χ1v) is 21.3. The fourth-order valence-corrected chi connectivity index (χ4v) is 7.07. The molecule has 6 nitrogen and oxygen atoms in total. The second-order valence-corrected chi connectivity index (χ2v) is 14.8. The van der Waals surface area contributed by atoms with E-state index in [1.165, 1.54) is 128 Å². The van der Waals surface area contributed by atoms with E-state index in [0.29, 0.717) is 0 Å². The number of carbonyl (C=O) groups is 2. The quantitative estimate of drug-likeness (QED) is 0.0604. The van der Waals surface area contributed by atoms with Crippen LogP contribution in [0.15, 0.2) is 24.3 Å². The van der Waals surface area contributed by atoms with E-state index in [1.54, 1.807) is 0 Å². The average Bonchev–Trinajstić information content (AvgIpc) is 3.12. The van der Waals surface area contributed by atoms with Crippen molar-refractivity contribution < 1.29 is 30.0 Å². The summed E-state index contributed by atoms with van der Waals surface area (Å²) >= 11 is 0. The number of carboxylic acid groups (broad SMARTS) is 2. The van der Waals surface area contributed by atoms with E-state index in [9.17, 15) is 30.0 Å². The van der Waals surface area contributed by atoms with Gasteiger partial charge in [-0.2, -0.15) is 0 Å². The number of rotatable bonds is 30. The molecule has 0 heterocycles. The molecule has 2 rings (SSSR count). The number of hydrogen-bond donors (Lipinski definition) is 2. The average molecular weight is 763 g/mol. The van der Waals surface area contributed by atoms with Crippen LogP contribution in [-0.4, -0.2) is 59.9 Å². The zero-order chi connectivity index (χ0) is 38.4. The van der Waals surface area contributed by atoms with Crippen LogP contribution in [0, 0.1) is 0 Å². The Morgan fingerprint density at radius 3 is 0.925 bits per heavy atom. The van der Waals surface area contributed by atoms with Crippen molar-refractivity contribution in [2.45, 2.75) is 207 Å². The fourth-order valence-electron chi connectivity index (χ4n) is 7.07. The molecule has 296 valence electrons. The molecular formula is C46H74CaO6. The molecule has 0 aliphatic heterocycles. The number of carboxylic acids is 2. The van der Waals surface area contributed by atoms with Crippen LogP contribution in [0.2, 0.25) is 0 Å². The Balaban J connectivity index is 0.00000100. The Bertz CT molecular complexity index is 1150. The topological polar surface area (TPSA) is 121 Å². The predicted octanol–water partition coefficient (Wildman–Crippen LogP) is 10.7. The predicted molar refractivity (Wildman–Crippen MR) is 219 cm³/mol. The number of unbranched alkanes of at least 4 members (excludes halogenated alkanes) is 20. The summed E-state index contributed by atoms with van der Waals surface area (Å²) in [5, 5.41) is 43.3. The van der Waals surface area contributed by atoms with Crippen molar-refractivity contribution in [2.24, 2.45) is 0 Å². The molecule has 0 spiro atoms. The molecular weight excluding hydrogens is 689 g/mol. The van der Waals surface area contributed by atoms with Crippen LogP contribution in [0.1, 0.15) is 225 Å². The van der Waals surface area contributed by atoms with Crippen LogP contribution in [0.5, 0.6) is 11.5 Å². The van der Waals surface area contributed by atoms with Crippen LogP contribution in [0.25, 0.3) is 0 Å². The van der Waals surface area contributed by atoms with Crippen molar-refractivity contribution in [1.82, 2.24) is 0 Å². The number of hydrogen-bond acceptors (Lipinski definition) is 6. The van der Waals surface area contributed by atoms with E-state index in [2.05, 4.69) is 27.7 Å². The van der Waals surface area contributed by atoms with Crippen molar-refractivity contribution in [3.05, 3.63) is 57.6 Å². The monoisotopic (exact) mass is 763 g/mol. The largest absolute Gasteiger partial charge is 2.00 e. The first-order chi connectivity index (χ1) is 25.2. The number of aromatic carboxylic acids is 2. The minimum absolute atomic E-state index is 0. The van der Waals surface area contributed by atoms with Gasteiger partial charge in [-0.3, -0.25) is 0 Å². The smallest absolute Gasteiger partial charge is 0.545 e. The van der Waals surface area contributed by atoms with Gasteiger partial charge >= 0.3 is 37.7 Å². The standard InChI is InChI=1S/2C23H38O3.Ca/c2*1-3-5-7-9-11-13-15-19-17-18-21(23(25)26)22(24)20(19)16-14-12-10-8-6-4-2;/h2*17-18,24H,3-16H2,1-2H3,(H,25,26);/q;;+2/p-2. The van der Waals surface area contributed by atoms with Gasteiger partial charge in [-0.05, 0) is 85.8 Å². The molecule has 0 unspecified atom stereocenters. The minimum Gasteiger partial charge on any atom is -0.545 e. The van der Waals surface area contributed by atoms with Crippen LogP contribution in [0.4, 0.5) is 0 Å². The molecule has 0 aliphatic carbocycles. The summed E-state index contributed by atoms with van der Waals surface area (Å²) in [6.45, 7) is 8.85. The Morgan fingerprint density at radius 1 is 0.415 bits per heavy atom. The van der Waals surface area contributed by atoms with Gasteiger partial charge in [0.25, 0.3) is 0 Å². The van der Waals surface area contributed by atoms with Gasteiger partial charge in [0.15, 0.2) is 0 Å². The molecule has 53 heavy (non-hydrogen) atoms. The zero-order valence-electron chi connectivity index (χ0n) is 34.3. The summed E-state index contributed by atoms with van der Waals surface area (Å²) in [4.78, 5) is 22.4. The SMILES string of the molecule is CCCCCCCCc1ccc(C(=O)[O-])c(O)c1CCCCCCCC.CCCCCCCCc1ccc(C(=O)[O-])c(O)c1CCCCCCCC.[Ca+2]. The zero-order valence-corrected chi connectivity index (χ0v) is 36.6. The molecule has 2 aromatic carbocycles. The van der Waals surface area contributed by atoms with Crippen LogP contribution < -0.4 is 10.2 Å². The van der Waals surface area contributed by atoms with Crippen LogP contribution in [0.3, 0.4) is 0 Å². The normalized spacial score (nSPS) is 10.8. The van der Waals surface area contributed by atoms with Gasteiger partial charge in [0.1, 0.15) is 11.5 Å². The molecule has 0 aliphatic rings. The molecule has 0 radical (unpaired) electrons. The minimum atomic E-state index is -1.29. The third-order valence-corrected chi connectivity index (χ3v) is 10.4. The Kier molecular flexibility index (Phi) is 32.5. The van der Waals surface area contributed by atoms with Gasteiger partial charge in [0.2, 0.25) is 0 Å².